The quantitative estimate of drug-likeness (QED) is 0.730. The lowest BCUT2D eigenvalue weighted by Crippen LogP contribution is -2.37. The van der Waals surface area contributed by atoms with Crippen LogP contribution in [-0.2, 0) is 4.74 Å². The maximum atomic E-state index is 13.1. The number of benzene rings is 1. The third kappa shape index (κ3) is 3.43. The van der Waals surface area contributed by atoms with Gasteiger partial charge >= 0.3 is 0 Å². The molecule has 7 heteroatoms. The summed E-state index contributed by atoms with van der Waals surface area (Å²) in [5.74, 6) is 0.434. The highest BCUT2D eigenvalue weighted by atomic mass is 79.9. The van der Waals surface area contributed by atoms with Crippen LogP contribution in [0.3, 0.4) is 0 Å². The summed E-state index contributed by atoms with van der Waals surface area (Å²) in [5.41, 5.74) is 1.42. The monoisotopic (exact) mass is 408 g/mol. The second-order valence-electron chi connectivity index (χ2n) is 6.28. The standard InChI is InChI=1S/C18H21BrN2O4/c1-11(19)15-16(22)13-10-12(17(23)20(2)3)4-5-14(13)25-18(15)21-6-8-24-9-7-21/h4-5,10-11H,6-9H2,1-3H3. The number of amides is 1. The van der Waals surface area contributed by atoms with Crippen molar-refractivity contribution in [1.29, 1.82) is 0 Å². The maximum Gasteiger partial charge on any atom is 0.253 e. The third-order valence-electron chi connectivity index (χ3n) is 4.26. The normalized spacial score (nSPS) is 16.1. The molecule has 0 aliphatic carbocycles. The van der Waals surface area contributed by atoms with E-state index in [9.17, 15) is 9.59 Å². The highest BCUT2D eigenvalue weighted by Crippen LogP contribution is 2.32. The molecule has 1 aromatic carbocycles. The van der Waals surface area contributed by atoms with Gasteiger partial charge in [0.1, 0.15) is 5.58 Å². The average molecular weight is 409 g/mol. The Morgan fingerprint density at radius 2 is 1.96 bits per heavy atom. The molecule has 134 valence electrons. The summed E-state index contributed by atoms with van der Waals surface area (Å²) in [5, 5.41) is 0.422. The molecular weight excluding hydrogens is 388 g/mol. The lowest BCUT2D eigenvalue weighted by Gasteiger charge is -2.29. The molecule has 0 radical (unpaired) electrons. The van der Waals surface area contributed by atoms with Gasteiger partial charge in [0.25, 0.3) is 5.91 Å². The van der Waals surface area contributed by atoms with E-state index < -0.39 is 0 Å². The summed E-state index contributed by atoms with van der Waals surface area (Å²) in [6.45, 7) is 4.47. The van der Waals surface area contributed by atoms with Crippen molar-refractivity contribution in [2.75, 3.05) is 45.3 Å². The topological polar surface area (TPSA) is 63.0 Å². The van der Waals surface area contributed by atoms with E-state index in [-0.39, 0.29) is 16.2 Å². The van der Waals surface area contributed by atoms with Gasteiger partial charge in [0.2, 0.25) is 5.88 Å². The first kappa shape index (κ1) is 17.9. The first-order valence-corrected chi connectivity index (χ1v) is 9.11. The van der Waals surface area contributed by atoms with Crippen LogP contribution in [0.2, 0.25) is 0 Å². The van der Waals surface area contributed by atoms with E-state index in [1.165, 1.54) is 4.90 Å². The van der Waals surface area contributed by atoms with Gasteiger partial charge in [0.15, 0.2) is 5.43 Å². The second-order valence-corrected chi connectivity index (χ2v) is 7.65. The van der Waals surface area contributed by atoms with Crippen molar-refractivity contribution < 1.29 is 13.9 Å². The number of alkyl halides is 1. The Morgan fingerprint density at radius 3 is 2.56 bits per heavy atom. The van der Waals surface area contributed by atoms with Crippen molar-refractivity contribution in [1.82, 2.24) is 4.90 Å². The average Bonchev–Trinajstić information content (AvgIpc) is 2.61. The van der Waals surface area contributed by atoms with Crippen molar-refractivity contribution in [2.45, 2.75) is 11.8 Å². The third-order valence-corrected chi connectivity index (χ3v) is 4.71. The zero-order valence-corrected chi connectivity index (χ0v) is 16.1. The summed E-state index contributed by atoms with van der Waals surface area (Å²) in [4.78, 5) is 28.7. The minimum absolute atomic E-state index is 0.111. The van der Waals surface area contributed by atoms with E-state index in [4.69, 9.17) is 9.15 Å². The van der Waals surface area contributed by atoms with Crippen LogP contribution in [0.1, 0.15) is 27.7 Å². The minimum Gasteiger partial charge on any atom is -0.440 e. The molecule has 0 bridgehead atoms. The Hall–Kier alpha value is -1.86. The fourth-order valence-corrected chi connectivity index (χ4v) is 3.34. The molecule has 2 heterocycles. The van der Waals surface area contributed by atoms with E-state index in [2.05, 4.69) is 15.9 Å². The lowest BCUT2D eigenvalue weighted by atomic mass is 10.1. The number of morpholine rings is 1. The summed E-state index contributed by atoms with van der Waals surface area (Å²) in [7, 11) is 3.37. The molecule has 1 atom stereocenters. The molecule has 2 aromatic rings. The molecule has 0 N–H and O–H groups in total. The number of rotatable bonds is 3. The number of anilines is 1. The van der Waals surface area contributed by atoms with Crippen LogP contribution >= 0.6 is 15.9 Å². The largest absolute Gasteiger partial charge is 0.440 e. The fourth-order valence-electron chi connectivity index (χ4n) is 2.94. The number of ether oxygens (including phenoxy) is 1. The fraction of sp³-hybridized carbons (Fsp3) is 0.444. The van der Waals surface area contributed by atoms with Crippen LogP contribution in [-0.4, -0.2) is 51.2 Å². The van der Waals surface area contributed by atoms with Crippen molar-refractivity contribution in [3.8, 4) is 0 Å². The first-order chi connectivity index (χ1) is 11.9. The molecule has 1 aromatic heterocycles. The summed E-state index contributed by atoms with van der Waals surface area (Å²) in [6, 6.07) is 5.00. The predicted octanol–water partition coefficient (Wildman–Crippen LogP) is 2.79. The highest BCUT2D eigenvalue weighted by Gasteiger charge is 2.24. The molecule has 1 amide bonds. The minimum atomic E-state index is -0.167. The van der Waals surface area contributed by atoms with E-state index in [1.807, 2.05) is 11.8 Å². The number of hydrogen-bond acceptors (Lipinski definition) is 5. The Morgan fingerprint density at radius 1 is 1.28 bits per heavy atom. The van der Waals surface area contributed by atoms with Gasteiger partial charge in [0, 0.05) is 37.6 Å². The molecule has 3 rings (SSSR count). The van der Waals surface area contributed by atoms with Gasteiger partial charge in [-0.1, -0.05) is 15.9 Å². The summed E-state index contributed by atoms with van der Waals surface area (Å²) < 4.78 is 11.5. The number of nitrogens with zero attached hydrogens (tertiary/aromatic N) is 2. The Bertz CT molecular complexity index is 854. The van der Waals surface area contributed by atoms with Crippen LogP contribution in [0.15, 0.2) is 27.4 Å². The zero-order chi connectivity index (χ0) is 18.1. The van der Waals surface area contributed by atoms with Gasteiger partial charge in [-0.3, -0.25) is 9.59 Å². The number of hydrogen-bond donors (Lipinski definition) is 0. The molecule has 1 unspecified atom stereocenters. The molecule has 25 heavy (non-hydrogen) atoms. The van der Waals surface area contributed by atoms with E-state index in [0.29, 0.717) is 54.3 Å². The van der Waals surface area contributed by atoms with E-state index >= 15 is 0 Å². The van der Waals surface area contributed by atoms with Gasteiger partial charge in [0.05, 0.1) is 24.2 Å². The van der Waals surface area contributed by atoms with Gasteiger partial charge in [-0.05, 0) is 25.1 Å². The van der Waals surface area contributed by atoms with E-state index in [1.54, 1.807) is 32.3 Å². The van der Waals surface area contributed by atoms with Crippen LogP contribution in [0, 0.1) is 0 Å². The van der Waals surface area contributed by atoms with Gasteiger partial charge in [-0.25, -0.2) is 0 Å². The molecule has 6 nitrogen and oxygen atoms in total. The molecular formula is C18H21BrN2O4. The number of fused-ring (bicyclic) bond motifs is 1. The second kappa shape index (κ2) is 7.17. The van der Waals surface area contributed by atoms with E-state index in [0.717, 1.165) is 0 Å². The van der Waals surface area contributed by atoms with Crippen molar-refractivity contribution in [3.05, 3.63) is 39.5 Å². The van der Waals surface area contributed by atoms with Crippen molar-refractivity contribution in [2.24, 2.45) is 0 Å². The van der Waals surface area contributed by atoms with Crippen molar-refractivity contribution in [3.63, 3.8) is 0 Å². The SMILES string of the molecule is CC(Br)c1c(N2CCOCC2)oc2ccc(C(=O)N(C)C)cc2c1=O. The first-order valence-electron chi connectivity index (χ1n) is 8.19. The molecule has 1 fully saturated rings. The lowest BCUT2D eigenvalue weighted by molar-refractivity contribution is 0.0827. The number of halogens is 1. The maximum absolute atomic E-state index is 13.1. The summed E-state index contributed by atoms with van der Waals surface area (Å²) in [6.07, 6.45) is 0. The van der Waals surface area contributed by atoms with Crippen LogP contribution in [0.4, 0.5) is 5.88 Å². The molecule has 0 spiro atoms. The Balaban J connectivity index is 2.19. The number of carbonyl (C=O) groups is 1. The van der Waals surface area contributed by atoms with Crippen LogP contribution in [0.5, 0.6) is 0 Å². The molecule has 1 aliphatic rings. The predicted molar refractivity (Wildman–Crippen MR) is 101 cm³/mol. The molecule has 1 aliphatic heterocycles. The van der Waals surface area contributed by atoms with Gasteiger partial charge in [-0.15, -0.1) is 0 Å². The Labute approximate surface area is 154 Å². The number of carbonyl (C=O) groups excluding carboxylic acids is 1. The van der Waals surface area contributed by atoms with Crippen molar-refractivity contribution >= 4 is 38.7 Å². The van der Waals surface area contributed by atoms with Gasteiger partial charge < -0.3 is 19.0 Å². The van der Waals surface area contributed by atoms with Gasteiger partial charge in [-0.2, -0.15) is 0 Å². The van der Waals surface area contributed by atoms with Crippen LogP contribution in [0.25, 0.3) is 11.0 Å². The zero-order valence-electron chi connectivity index (χ0n) is 14.5. The Kier molecular flexibility index (Phi) is 5.15. The highest BCUT2D eigenvalue weighted by molar-refractivity contribution is 9.09. The molecule has 1 saturated heterocycles. The molecule has 0 saturated carbocycles. The summed E-state index contributed by atoms with van der Waals surface area (Å²) >= 11 is 3.51. The van der Waals surface area contributed by atoms with Crippen LogP contribution < -0.4 is 10.3 Å². The smallest absolute Gasteiger partial charge is 0.253 e.